The van der Waals surface area contributed by atoms with Gasteiger partial charge in [0, 0.05) is 5.92 Å². The van der Waals surface area contributed by atoms with Crippen LogP contribution in [-0.2, 0) is 9.63 Å². The molecule has 0 radical (unpaired) electrons. The predicted molar refractivity (Wildman–Crippen MR) is 38.3 cm³/mol. The van der Waals surface area contributed by atoms with Gasteiger partial charge in [0.05, 0.1) is 11.5 Å². The Balaban J connectivity index is 2.30. The lowest BCUT2D eigenvalue weighted by atomic mass is 10.0. The smallest absolute Gasteiger partial charge is 0.133 e. The lowest BCUT2D eigenvalue weighted by Crippen LogP contribution is -2.22. The van der Waals surface area contributed by atoms with Gasteiger partial charge < -0.3 is 0 Å². The number of rotatable bonds is 3. The normalized spacial score (nSPS) is 29.7. The van der Waals surface area contributed by atoms with Gasteiger partial charge >= 0.3 is 0 Å². The van der Waals surface area contributed by atoms with Crippen LogP contribution in [0.25, 0.3) is 0 Å². The Morgan fingerprint density at radius 2 is 2.17 bits per heavy atom. The zero-order chi connectivity index (χ0) is 9.14. The fourth-order valence-corrected chi connectivity index (χ4v) is 1.54. The quantitative estimate of drug-likeness (QED) is 0.619. The number of hydrogen-bond donors (Lipinski definition) is 2. The second-order valence-corrected chi connectivity index (χ2v) is 3.10. The maximum Gasteiger partial charge on any atom is 0.133 e. The zero-order valence-corrected chi connectivity index (χ0v) is 6.93. The van der Waals surface area contributed by atoms with Gasteiger partial charge in [-0.05, 0) is 26.2 Å². The molecule has 70 valence electrons. The molecule has 0 aliphatic heterocycles. The standard InChI is InChI=1S/C7H13NO4/c1-5(9)6-2-3-7(4-6)12-8(10)11/h6-7,10-11H,2-4H2,1H3/t6?,7-/m0/s1. The van der Waals surface area contributed by atoms with Gasteiger partial charge in [-0.1, -0.05) is 0 Å². The largest absolute Gasteiger partial charge is 0.300 e. The van der Waals surface area contributed by atoms with Crippen molar-refractivity contribution in [2.45, 2.75) is 32.3 Å². The summed E-state index contributed by atoms with van der Waals surface area (Å²) in [7, 11) is 0. The first-order valence-corrected chi connectivity index (χ1v) is 3.94. The molecule has 1 saturated carbocycles. The fourth-order valence-electron chi connectivity index (χ4n) is 1.54. The monoisotopic (exact) mass is 175 g/mol. The van der Waals surface area contributed by atoms with E-state index < -0.39 is 0 Å². The lowest BCUT2D eigenvalue weighted by molar-refractivity contribution is -0.504. The Hall–Kier alpha value is -0.490. The highest BCUT2D eigenvalue weighted by Gasteiger charge is 2.29. The molecule has 1 fully saturated rings. The molecule has 0 amide bonds. The lowest BCUT2D eigenvalue weighted by Gasteiger charge is -2.12. The van der Waals surface area contributed by atoms with Crippen LogP contribution in [0.15, 0.2) is 0 Å². The first-order chi connectivity index (χ1) is 5.59. The Labute approximate surface area is 70.4 Å². The molecule has 0 aromatic carbocycles. The average molecular weight is 175 g/mol. The Kier molecular flexibility index (Phi) is 3.16. The molecule has 5 nitrogen and oxygen atoms in total. The van der Waals surface area contributed by atoms with Crippen molar-refractivity contribution in [2.24, 2.45) is 5.92 Å². The summed E-state index contributed by atoms with van der Waals surface area (Å²) in [6.45, 7) is 1.54. The van der Waals surface area contributed by atoms with Crippen LogP contribution in [0.4, 0.5) is 0 Å². The van der Waals surface area contributed by atoms with Crippen molar-refractivity contribution in [2.75, 3.05) is 0 Å². The second kappa shape index (κ2) is 3.95. The SMILES string of the molecule is CC(=O)C1CC[C@H](ON(O)O)C1. The molecule has 5 heteroatoms. The molecule has 0 spiro atoms. The van der Waals surface area contributed by atoms with Crippen LogP contribution >= 0.6 is 0 Å². The molecule has 0 aromatic heterocycles. The van der Waals surface area contributed by atoms with Crippen LogP contribution in [0, 0.1) is 5.92 Å². The minimum atomic E-state index is -0.285. The summed E-state index contributed by atoms with van der Waals surface area (Å²) in [5.41, 5.74) is 0. The van der Waals surface area contributed by atoms with Crippen molar-refractivity contribution in [3.8, 4) is 0 Å². The Morgan fingerprint density at radius 3 is 2.58 bits per heavy atom. The molecule has 0 saturated heterocycles. The van der Waals surface area contributed by atoms with Gasteiger partial charge in [0.2, 0.25) is 0 Å². The van der Waals surface area contributed by atoms with E-state index in [9.17, 15) is 4.79 Å². The molecule has 2 atom stereocenters. The predicted octanol–water partition coefficient (Wildman–Crippen LogP) is 0.756. The van der Waals surface area contributed by atoms with Crippen molar-refractivity contribution in [1.29, 1.82) is 0 Å². The van der Waals surface area contributed by atoms with E-state index in [4.69, 9.17) is 10.4 Å². The number of carbonyl (C=O) groups is 1. The summed E-state index contributed by atoms with van der Waals surface area (Å²) in [4.78, 5) is 15.5. The highest BCUT2D eigenvalue weighted by Crippen LogP contribution is 2.28. The van der Waals surface area contributed by atoms with Gasteiger partial charge in [-0.2, -0.15) is 0 Å². The summed E-state index contributed by atoms with van der Waals surface area (Å²) in [6, 6.07) is 0. The number of nitrogens with zero attached hydrogens (tertiary/aromatic N) is 1. The number of carbonyl (C=O) groups excluding carboxylic acids is 1. The van der Waals surface area contributed by atoms with Crippen molar-refractivity contribution in [3.05, 3.63) is 0 Å². The molecule has 1 aliphatic rings. The maximum atomic E-state index is 10.9. The van der Waals surface area contributed by atoms with E-state index in [2.05, 4.69) is 4.84 Å². The van der Waals surface area contributed by atoms with E-state index in [1.165, 1.54) is 0 Å². The zero-order valence-electron chi connectivity index (χ0n) is 6.93. The number of ketones is 1. The topological polar surface area (TPSA) is 70.0 Å². The number of hydrogen-bond acceptors (Lipinski definition) is 5. The van der Waals surface area contributed by atoms with Gasteiger partial charge in [0.25, 0.3) is 0 Å². The van der Waals surface area contributed by atoms with E-state index in [1.54, 1.807) is 6.92 Å². The fraction of sp³-hybridized carbons (Fsp3) is 0.857. The summed E-state index contributed by atoms with van der Waals surface area (Å²) in [5.74, 6) is 0.165. The molecular formula is C7H13NO4. The van der Waals surface area contributed by atoms with Crippen molar-refractivity contribution >= 4 is 5.78 Å². The van der Waals surface area contributed by atoms with Crippen LogP contribution in [-0.4, -0.2) is 27.7 Å². The first-order valence-electron chi connectivity index (χ1n) is 3.94. The molecule has 0 heterocycles. The summed E-state index contributed by atoms with van der Waals surface area (Å²) in [5, 5.41) is 16.4. The summed E-state index contributed by atoms with van der Waals surface area (Å²) in [6.07, 6.45) is 1.80. The minimum absolute atomic E-state index is 0.0231. The summed E-state index contributed by atoms with van der Waals surface area (Å²) < 4.78 is 0. The van der Waals surface area contributed by atoms with Crippen molar-refractivity contribution in [3.63, 3.8) is 0 Å². The highest BCUT2D eigenvalue weighted by molar-refractivity contribution is 5.78. The highest BCUT2D eigenvalue weighted by atomic mass is 17.1. The van der Waals surface area contributed by atoms with Gasteiger partial charge in [-0.15, -0.1) is 0 Å². The van der Waals surface area contributed by atoms with Crippen molar-refractivity contribution in [1.82, 2.24) is 5.39 Å². The van der Waals surface area contributed by atoms with E-state index in [1.807, 2.05) is 0 Å². The molecule has 0 bridgehead atoms. The first kappa shape index (κ1) is 9.60. The third-order valence-corrected chi connectivity index (χ3v) is 2.20. The third kappa shape index (κ3) is 2.53. The van der Waals surface area contributed by atoms with Crippen LogP contribution < -0.4 is 0 Å². The summed E-state index contributed by atoms with van der Waals surface area (Å²) >= 11 is 0. The number of Topliss-reactive ketones (excluding diaryl/α,β-unsaturated/α-hetero) is 1. The van der Waals surface area contributed by atoms with Gasteiger partial charge in [0.1, 0.15) is 5.78 Å². The Bertz CT molecular complexity index is 171. The molecule has 1 rings (SSSR count). The van der Waals surface area contributed by atoms with Gasteiger partial charge in [0.15, 0.2) is 0 Å². The molecule has 0 aromatic rings. The Morgan fingerprint density at radius 1 is 1.50 bits per heavy atom. The van der Waals surface area contributed by atoms with Gasteiger partial charge in [-0.25, -0.2) is 4.84 Å². The van der Waals surface area contributed by atoms with E-state index in [-0.39, 0.29) is 23.2 Å². The van der Waals surface area contributed by atoms with E-state index in [0.29, 0.717) is 12.8 Å². The molecular weight excluding hydrogens is 162 g/mol. The van der Waals surface area contributed by atoms with Crippen LogP contribution in [0.2, 0.25) is 0 Å². The molecule has 1 aliphatic carbocycles. The third-order valence-electron chi connectivity index (χ3n) is 2.20. The van der Waals surface area contributed by atoms with Crippen molar-refractivity contribution < 1.29 is 20.0 Å². The second-order valence-electron chi connectivity index (χ2n) is 3.10. The van der Waals surface area contributed by atoms with Gasteiger partial charge in [-0.3, -0.25) is 15.2 Å². The minimum Gasteiger partial charge on any atom is -0.300 e. The van der Waals surface area contributed by atoms with E-state index in [0.717, 1.165) is 6.42 Å². The molecule has 1 unspecified atom stereocenters. The van der Waals surface area contributed by atoms with Crippen LogP contribution in [0.3, 0.4) is 0 Å². The average Bonchev–Trinajstić information content (AvgIpc) is 2.34. The molecule has 2 N–H and O–H groups in total. The maximum absolute atomic E-state index is 10.9. The molecule has 12 heavy (non-hydrogen) atoms. The van der Waals surface area contributed by atoms with Crippen LogP contribution in [0.5, 0.6) is 0 Å². The van der Waals surface area contributed by atoms with E-state index >= 15 is 0 Å². The van der Waals surface area contributed by atoms with Crippen LogP contribution in [0.1, 0.15) is 26.2 Å².